The molecule has 3 fully saturated rings. The van der Waals surface area contributed by atoms with Gasteiger partial charge in [0.05, 0.1) is 6.10 Å². The molecule has 1 aliphatic heterocycles. The quantitative estimate of drug-likeness (QED) is 0.416. The summed E-state index contributed by atoms with van der Waals surface area (Å²) in [6.45, 7) is 1.78. The molecule has 2 aliphatic carbocycles. The molecule has 0 aromatic carbocycles. The maximum absolute atomic E-state index is 6.07. The first-order chi connectivity index (χ1) is 11.8. The second kappa shape index (κ2) is 8.20. The first-order valence-electron chi connectivity index (χ1n) is 9.32. The van der Waals surface area contributed by atoms with Crippen molar-refractivity contribution in [1.29, 1.82) is 0 Å². The number of nitrogens with zero attached hydrogens (tertiary/aromatic N) is 2. The van der Waals surface area contributed by atoms with Crippen LogP contribution in [0.3, 0.4) is 0 Å². The van der Waals surface area contributed by atoms with Gasteiger partial charge < -0.3 is 15.4 Å². The fraction of sp³-hybridized carbons (Fsp3) is 0.684. The van der Waals surface area contributed by atoms with Crippen molar-refractivity contribution in [2.45, 2.75) is 50.7 Å². The average Bonchev–Trinajstić information content (AvgIpc) is 3.27. The Labute approximate surface area is 167 Å². The van der Waals surface area contributed by atoms with Crippen LogP contribution in [0, 0.1) is 11.3 Å². The van der Waals surface area contributed by atoms with Crippen LogP contribution in [0.25, 0.3) is 0 Å². The molecule has 138 valence electrons. The summed E-state index contributed by atoms with van der Waals surface area (Å²) >= 11 is 0. The Morgan fingerprint density at radius 1 is 1.36 bits per heavy atom. The molecule has 1 saturated heterocycles. The monoisotopic (exact) mass is 456 g/mol. The van der Waals surface area contributed by atoms with Gasteiger partial charge in [0.1, 0.15) is 0 Å². The van der Waals surface area contributed by atoms with Gasteiger partial charge in [0.25, 0.3) is 0 Å². The highest BCUT2D eigenvalue weighted by Gasteiger charge is 2.65. The summed E-state index contributed by atoms with van der Waals surface area (Å²) in [5.74, 6) is 1.59. The van der Waals surface area contributed by atoms with E-state index >= 15 is 0 Å². The highest BCUT2D eigenvalue weighted by molar-refractivity contribution is 14.0. The van der Waals surface area contributed by atoms with Crippen molar-refractivity contribution in [3.63, 3.8) is 0 Å². The standard InChI is InChI=1S/C19H28N4O.HI/c1-20-18(22-12-7-14-6-2-5-11-21-14)23-16-15-8-13-24-17(15)19(16)9-3-4-10-19;/h2,5-6,11,15-17H,3-4,7-10,12-13H2,1H3,(H2,20,22,23);1H. The van der Waals surface area contributed by atoms with E-state index in [1.165, 1.54) is 32.1 Å². The topological polar surface area (TPSA) is 58.5 Å². The van der Waals surface area contributed by atoms with Gasteiger partial charge in [-0.05, 0) is 31.4 Å². The summed E-state index contributed by atoms with van der Waals surface area (Å²) in [4.78, 5) is 8.82. The Morgan fingerprint density at radius 2 is 2.20 bits per heavy atom. The second-order valence-corrected chi connectivity index (χ2v) is 7.38. The number of nitrogens with one attached hydrogen (secondary N) is 2. The number of pyridine rings is 1. The van der Waals surface area contributed by atoms with Crippen LogP contribution < -0.4 is 10.6 Å². The molecule has 5 nitrogen and oxygen atoms in total. The Balaban J connectivity index is 0.00000182. The third-order valence-corrected chi connectivity index (χ3v) is 6.20. The van der Waals surface area contributed by atoms with Crippen LogP contribution in [0.1, 0.15) is 37.8 Å². The van der Waals surface area contributed by atoms with E-state index < -0.39 is 0 Å². The molecule has 0 bridgehead atoms. The predicted octanol–water partition coefficient (Wildman–Crippen LogP) is 2.75. The van der Waals surface area contributed by atoms with E-state index in [4.69, 9.17) is 4.74 Å². The molecule has 3 atom stereocenters. The van der Waals surface area contributed by atoms with Crippen LogP contribution in [0.4, 0.5) is 0 Å². The molecule has 4 rings (SSSR count). The third kappa shape index (κ3) is 3.52. The van der Waals surface area contributed by atoms with Crippen LogP contribution in [-0.4, -0.2) is 43.3 Å². The maximum atomic E-state index is 6.07. The number of aliphatic imine (C=N–C) groups is 1. The van der Waals surface area contributed by atoms with Gasteiger partial charge in [-0.3, -0.25) is 9.98 Å². The number of hydrogen-bond donors (Lipinski definition) is 2. The first kappa shape index (κ1) is 18.9. The number of guanidine groups is 1. The van der Waals surface area contributed by atoms with Crippen molar-refractivity contribution in [2.24, 2.45) is 16.3 Å². The van der Waals surface area contributed by atoms with Crippen molar-refractivity contribution in [1.82, 2.24) is 15.6 Å². The van der Waals surface area contributed by atoms with E-state index in [9.17, 15) is 0 Å². The minimum absolute atomic E-state index is 0. The minimum atomic E-state index is 0. The number of ether oxygens (including phenoxy) is 1. The van der Waals surface area contributed by atoms with Crippen molar-refractivity contribution < 1.29 is 4.74 Å². The Hall–Kier alpha value is -0.890. The smallest absolute Gasteiger partial charge is 0.191 e. The summed E-state index contributed by atoms with van der Waals surface area (Å²) in [6, 6.07) is 6.58. The van der Waals surface area contributed by atoms with Crippen molar-refractivity contribution in [2.75, 3.05) is 20.2 Å². The van der Waals surface area contributed by atoms with Gasteiger partial charge in [-0.2, -0.15) is 0 Å². The normalized spacial score (nSPS) is 29.6. The molecular formula is C19H29IN4O. The van der Waals surface area contributed by atoms with Gasteiger partial charge >= 0.3 is 0 Å². The first-order valence-corrected chi connectivity index (χ1v) is 9.32. The minimum Gasteiger partial charge on any atom is -0.377 e. The number of fused-ring (bicyclic) bond motifs is 2. The van der Waals surface area contributed by atoms with E-state index in [1.54, 1.807) is 0 Å². The fourth-order valence-corrected chi connectivity index (χ4v) is 5.10. The zero-order chi connectivity index (χ0) is 16.4. The maximum Gasteiger partial charge on any atom is 0.191 e. The lowest BCUT2D eigenvalue weighted by atomic mass is 9.54. The molecule has 3 unspecified atom stereocenters. The highest BCUT2D eigenvalue weighted by Crippen LogP contribution is 2.60. The Kier molecular flexibility index (Phi) is 6.20. The molecule has 0 radical (unpaired) electrons. The molecular weight excluding hydrogens is 427 g/mol. The third-order valence-electron chi connectivity index (χ3n) is 6.20. The summed E-state index contributed by atoms with van der Waals surface area (Å²) < 4.78 is 6.07. The number of halogens is 1. The summed E-state index contributed by atoms with van der Waals surface area (Å²) in [7, 11) is 1.86. The zero-order valence-corrected chi connectivity index (χ0v) is 17.2. The van der Waals surface area contributed by atoms with Crippen LogP contribution >= 0.6 is 24.0 Å². The van der Waals surface area contributed by atoms with E-state index in [0.29, 0.717) is 23.5 Å². The van der Waals surface area contributed by atoms with E-state index in [2.05, 4.69) is 26.7 Å². The SMILES string of the molecule is CN=C(NCCc1ccccn1)NC1C2CCOC2C12CCCC2.I. The highest BCUT2D eigenvalue weighted by atomic mass is 127. The Bertz CT molecular complexity index is 588. The molecule has 1 aromatic heterocycles. The van der Waals surface area contributed by atoms with E-state index in [-0.39, 0.29) is 24.0 Å². The van der Waals surface area contributed by atoms with E-state index in [1.807, 2.05) is 25.4 Å². The van der Waals surface area contributed by atoms with Gasteiger partial charge in [0, 0.05) is 55.9 Å². The molecule has 6 heteroatoms. The summed E-state index contributed by atoms with van der Waals surface area (Å²) in [6.07, 6.45) is 9.73. The molecule has 2 heterocycles. The zero-order valence-electron chi connectivity index (χ0n) is 14.9. The molecule has 2 N–H and O–H groups in total. The van der Waals surface area contributed by atoms with Crippen molar-refractivity contribution >= 4 is 29.9 Å². The largest absolute Gasteiger partial charge is 0.377 e. The second-order valence-electron chi connectivity index (χ2n) is 7.38. The summed E-state index contributed by atoms with van der Waals surface area (Å²) in [5.41, 5.74) is 1.47. The van der Waals surface area contributed by atoms with E-state index in [0.717, 1.165) is 31.2 Å². The van der Waals surface area contributed by atoms with Crippen LogP contribution in [0.2, 0.25) is 0 Å². The lowest BCUT2D eigenvalue weighted by molar-refractivity contribution is -0.125. The molecule has 25 heavy (non-hydrogen) atoms. The Morgan fingerprint density at radius 3 is 2.92 bits per heavy atom. The summed E-state index contributed by atoms with van der Waals surface area (Å²) in [5, 5.41) is 7.19. The number of aromatic nitrogens is 1. The predicted molar refractivity (Wildman–Crippen MR) is 110 cm³/mol. The van der Waals surface area contributed by atoms with Gasteiger partial charge in [0.15, 0.2) is 5.96 Å². The fourth-order valence-electron chi connectivity index (χ4n) is 5.10. The lowest BCUT2D eigenvalue weighted by Crippen LogP contribution is -2.69. The van der Waals surface area contributed by atoms with Gasteiger partial charge in [-0.15, -0.1) is 24.0 Å². The van der Waals surface area contributed by atoms with Crippen LogP contribution in [-0.2, 0) is 11.2 Å². The van der Waals surface area contributed by atoms with Gasteiger partial charge in [0.2, 0.25) is 0 Å². The van der Waals surface area contributed by atoms with Crippen LogP contribution in [0.15, 0.2) is 29.4 Å². The molecule has 0 amide bonds. The van der Waals surface area contributed by atoms with Crippen molar-refractivity contribution in [3.8, 4) is 0 Å². The molecule has 3 aliphatic rings. The van der Waals surface area contributed by atoms with Crippen molar-refractivity contribution in [3.05, 3.63) is 30.1 Å². The lowest BCUT2D eigenvalue weighted by Gasteiger charge is -2.57. The van der Waals surface area contributed by atoms with Crippen LogP contribution in [0.5, 0.6) is 0 Å². The average molecular weight is 456 g/mol. The number of rotatable bonds is 4. The van der Waals surface area contributed by atoms with Gasteiger partial charge in [-0.1, -0.05) is 18.9 Å². The van der Waals surface area contributed by atoms with Gasteiger partial charge in [-0.25, -0.2) is 0 Å². The molecule has 1 spiro atoms. The molecule has 1 aromatic rings. The number of hydrogen-bond acceptors (Lipinski definition) is 3. The molecule has 2 saturated carbocycles.